The zero-order chi connectivity index (χ0) is 23.7. The summed E-state index contributed by atoms with van der Waals surface area (Å²) in [5, 5.41) is 4.91. The van der Waals surface area contributed by atoms with Gasteiger partial charge in [0.25, 0.3) is 5.91 Å². The number of anilines is 1. The summed E-state index contributed by atoms with van der Waals surface area (Å²) in [6.07, 6.45) is 0. The Morgan fingerprint density at radius 1 is 0.971 bits per heavy atom. The molecule has 5 aromatic rings. The summed E-state index contributed by atoms with van der Waals surface area (Å²) in [7, 11) is 1.62. The summed E-state index contributed by atoms with van der Waals surface area (Å²) < 4.78 is 5.52. The minimum absolute atomic E-state index is 0.249. The molecule has 0 radical (unpaired) electrons. The number of ether oxygens (including phenoxy) is 1. The number of pyridine rings is 1. The molecular weight excluding hydrogens is 466 g/mol. The van der Waals surface area contributed by atoms with E-state index in [-0.39, 0.29) is 5.91 Å². The Labute approximate surface area is 206 Å². The number of amides is 1. The molecule has 0 aliphatic heterocycles. The normalized spacial score (nSPS) is 10.9. The number of benzene rings is 3. The molecule has 34 heavy (non-hydrogen) atoms. The number of rotatable bonds is 5. The highest BCUT2D eigenvalue weighted by Crippen LogP contribution is 2.34. The van der Waals surface area contributed by atoms with Crippen molar-refractivity contribution >= 4 is 44.9 Å². The van der Waals surface area contributed by atoms with E-state index in [1.165, 1.54) is 11.3 Å². The lowest BCUT2D eigenvalue weighted by atomic mass is 10.0. The molecule has 5 nitrogen and oxygen atoms in total. The number of nitrogens with zero attached hydrogens (tertiary/aromatic N) is 2. The first kappa shape index (κ1) is 22.1. The third-order valence-electron chi connectivity index (χ3n) is 5.46. The van der Waals surface area contributed by atoms with Crippen LogP contribution in [0.5, 0.6) is 5.75 Å². The highest BCUT2D eigenvalue weighted by Gasteiger charge is 2.18. The number of thiazole rings is 1. The monoisotopic (exact) mass is 485 g/mol. The zero-order valence-electron chi connectivity index (χ0n) is 18.5. The standard InChI is InChI=1S/C27H20ClN3O2S/c1-16-25(17-8-7-9-18(28)14-17)30-27(34-16)31-26(32)21-15-23(20-11-4-6-13-24(20)33-2)29-22-12-5-3-10-19(21)22/h3-15H,1-2H3,(H,30,31,32). The molecule has 1 amide bonds. The number of carbonyl (C=O) groups is 1. The van der Waals surface area contributed by atoms with E-state index in [0.29, 0.717) is 27.2 Å². The van der Waals surface area contributed by atoms with Crippen molar-refractivity contribution in [2.45, 2.75) is 6.92 Å². The Kier molecular flexibility index (Phi) is 6.01. The predicted octanol–water partition coefficient (Wildman–Crippen LogP) is 7.25. The van der Waals surface area contributed by atoms with Gasteiger partial charge < -0.3 is 4.74 Å². The second kappa shape index (κ2) is 9.25. The van der Waals surface area contributed by atoms with Gasteiger partial charge in [-0.2, -0.15) is 0 Å². The van der Waals surface area contributed by atoms with Gasteiger partial charge in [0.2, 0.25) is 0 Å². The molecule has 2 aromatic heterocycles. The minimum atomic E-state index is -0.249. The van der Waals surface area contributed by atoms with Gasteiger partial charge in [0.05, 0.1) is 29.6 Å². The maximum atomic E-state index is 13.5. The van der Waals surface area contributed by atoms with Crippen molar-refractivity contribution in [1.82, 2.24) is 9.97 Å². The lowest BCUT2D eigenvalue weighted by molar-refractivity contribution is 0.102. The molecule has 0 atom stereocenters. The molecule has 1 N–H and O–H groups in total. The van der Waals surface area contributed by atoms with E-state index in [9.17, 15) is 4.79 Å². The molecular formula is C27H20ClN3O2S. The van der Waals surface area contributed by atoms with Crippen molar-refractivity contribution in [3.63, 3.8) is 0 Å². The molecule has 168 valence electrons. The van der Waals surface area contributed by atoms with Crippen LogP contribution in [-0.4, -0.2) is 23.0 Å². The van der Waals surface area contributed by atoms with Gasteiger partial charge in [0, 0.05) is 26.4 Å². The van der Waals surface area contributed by atoms with Gasteiger partial charge in [0.1, 0.15) is 5.75 Å². The number of hydrogen-bond acceptors (Lipinski definition) is 5. The van der Waals surface area contributed by atoms with Crippen LogP contribution in [0.3, 0.4) is 0 Å². The summed E-state index contributed by atoms with van der Waals surface area (Å²) in [4.78, 5) is 23.9. The molecule has 7 heteroatoms. The lowest BCUT2D eigenvalue weighted by Crippen LogP contribution is -2.13. The highest BCUT2D eigenvalue weighted by molar-refractivity contribution is 7.16. The van der Waals surface area contributed by atoms with Gasteiger partial charge in [-0.05, 0) is 43.3 Å². The van der Waals surface area contributed by atoms with Gasteiger partial charge in [-0.3, -0.25) is 10.1 Å². The Bertz CT molecular complexity index is 1530. The van der Waals surface area contributed by atoms with Crippen LogP contribution in [0.2, 0.25) is 5.02 Å². The van der Waals surface area contributed by atoms with Crippen molar-refractivity contribution in [3.8, 4) is 28.3 Å². The van der Waals surface area contributed by atoms with Gasteiger partial charge >= 0.3 is 0 Å². The van der Waals surface area contributed by atoms with Crippen LogP contribution in [0.4, 0.5) is 5.13 Å². The average molecular weight is 486 g/mol. The van der Waals surface area contributed by atoms with E-state index < -0.39 is 0 Å². The summed E-state index contributed by atoms with van der Waals surface area (Å²) in [5.74, 6) is 0.444. The van der Waals surface area contributed by atoms with Crippen LogP contribution < -0.4 is 10.1 Å². The SMILES string of the molecule is COc1ccccc1-c1cc(C(=O)Nc2nc(-c3cccc(Cl)c3)c(C)s2)c2ccccc2n1. The van der Waals surface area contributed by atoms with E-state index in [1.54, 1.807) is 13.2 Å². The summed E-state index contributed by atoms with van der Waals surface area (Å²) >= 11 is 7.58. The maximum absolute atomic E-state index is 13.5. The average Bonchev–Trinajstić information content (AvgIpc) is 3.23. The Morgan fingerprint density at radius 3 is 2.59 bits per heavy atom. The largest absolute Gasteiger partial charge is 0.496 e. The van der Waals surface area contributed by atoms with Crippen LogP contribution in [0.15, 0.2) is 78.9 Å². The predicted molar refractivity (Wildman–Crippen MR) is 139 cm³/mol. The van der Waals surface area contributed by atoms with E-state index in [4.69, 9.17) is 21.3 Å². The summed E-state index contributed by atoms with van der Waals surface area (Å²) in [5.41, 5.74) is 4.44. The molecule has 0 aliphatic rings. The van der Waals surface area contributed by atoms with Gasteiger partial charge in [-0.25, -0.2) is 9.97 Å². The number of hydrogen-bond donors (Lipinski definition) is 1. The van der Waals surface area contributed by atoms with Crippen LogP contribution in [0.25, 0.3) is 33.4 Å². The molecule has 3 aromatic carbocycles. The summed E-state index contributed by atoms with van der Waals surface area (Å²) in [6.45, 7) is 1.98. The fourth-order valence-corrected chi connectivity index (χ4v) is 4.90. The smallest absolute Gasteiger partial charge is 0.258 e. The Balaban J connectivity index is 1.54. The number of fused-ring (bicyclic) bond motifs is 1. The van der Waals surface area contributed by atoms with Gasteiger partial charge in [0.15, 0.2) is 5.13 Å². The van der Waals surface area contributed by atoms with Crippen LogP contribution in [0.1, 0.15) is 15.2 Å². The van der Waals surface area contributed by atoms with E-state index in [1.807, 2.05) is 79.7 Å². The molecule has 5 rings (SSSR count). The second-order valence-electron chi connectivity index (χ2n) is 7.66. The zero-order valence-corrected chi connectivity index (χ0v) is 20.1. The van der Waals surface area contributed by atoms with Crippen molar-refractivity contribution in [2.75, 3.05) is 12.4 Å². The number of para-hydroxylation sites is 2. The summed E-state index contributed by atoms with van der Waals surface area (Å²) in [6, 6.07) is 24.6. The first-order valence-corrected chi connectivity index (χ1v) is 11.8. The number of aromatic nitrogens is 2. The second-order valence-corrected chi connectivity index (χ2v) is 9.30. The van der Waals surface area contributed by atoms with Crippen molar-refractivity contribution in [2.24, 2.45) is 0 Å². The fourth-order valence-electron chi connectivity index (χ4n) is 3.88. The van der Waals surface area contributed by atoms with Crippen LogP contribution >= 0.6 is 22.9 Å². The number of methoxy groups -OCH3 is 1. The Morgan fingerprint density at radius 2 is 1.76 bits per heavy atom. The highest BCUT2D eigenvalue weighted by atomic mass is 35.5. The maximum Gasteiger partial charge on any atom is 0.258 e. The number of nitrogens with one attached hydrogen (secondary N) is 1. The van der Waals surface area contributed by atoms with Crippen molar-refractivity contribution in [1.29, 1.82) is 0 Å². The molecule has 0 aliphatic carbocycles. The molecule has 0 bridgehead atoms. The third-order valence-corrected chi connectivity index (χ3v) is 6.58. The first-order chi connectivity index (χ1) is 16.5. The molecule has 0 unspecified atom stereocenters. The minimum Gasteiger partial charge on any atom is -0.496 e. The molecule has 0 spiro atoms. The lowest BCUT2D eigenvalue weighted by Gasteiger charge is -2.12. The van der Waals surface area contributed by atoms with Gasteiger partial charge in [-0.1, -0.05) is 54.1 Å². The number of carbonyl (C=O) groups excluding carboxylic acids is 1. The quantitative estimate of drug-likeness (QED) is 0.285. The molecule has 0 fully saturated rings. The van der Waals surface area contributed by atoms with Crippen molar-refractivity contribution < 1.29 is 9.53 Å². The number of aryl methyl sites for hydroxylation is 1. The fraction of sp³-hybridized carbons (Fsp3) is 0.0741. The van der Waals surface area contributed by atoms with E-state index in [2.05, 4.69) is 10.3 Å². The van der Waals surface area contributed by atoms with Crippen LogP contribution in [-0.2, 0) is 0 Å². The first-order valence-electron chi connectivity index (χ1n) is 10.6. The van der Waals surface area contributed by atoms with E-state index >= 15 is 0 Å². The topological polar surface area (TPSA) is 64.1 Å². The molecule has 0 saturated carbocycles. The molecule has 2 heterocycles. The molecule has 0 saturated heterocycles. The number of halogens is 1. The van der Waals surface area contributed by atoms with E-state index in [0.717, 1.165) is 32.6 Å². The Hall–Kier alpha value is -3.74. The third kappa shape index (κ3) is 4.25. The van der Waals surface area contributed by atoms with Crippen molar-refractivity contribution in [3.05, 3.63) is 94.3 Å². The van der Waals surface area contributed by atoms with Gasteiger partial charge in [-0.15, -0.1) is 11.3 Å². The van der Waals surface area contributed by atoms with Crippen LogP contribution in [0, 0.1) is 6.92 Å².